The molecular weight excluding hydrogens is 652 g/mol. The van der Waals surface area contributed by atoms with Crippen LogP contribution >= 0.6 is 25.4 Å². The van der Waals surface area contributed by atoms with Crippen LogP contribution in [0.3, 0.4) is 0 Å². The molecule has 7 rings (SSSR count). The minimum Gasteiger partial charge on any atom is -0.460 e. The number of rotatable bonds is 6. The van der Waals surface area contributed by atoms with E-state index in [-0.39, 0.29) is 11.5 Å². The Morgan fingerprint density at radius 3 is 2.13 bits per heavy atom. The highest BCUT2D eigenvalue weighted by atomic mass is 35.5. The van der Waals surface area contributed by atoms with Gasteiger partial charge in [0.2, 0.25) is 0 Å². The smallest absolute Gasteiger partial charge is 0.365 e. The van der Waals surface area contributed by atoms with Crippen molar-refractivity contribution in [3.05, 3.63) is 143 Å². The van der Waals surface area contributed by atoms with Crippen LogP contribution in [0.4, 0.5) is 0 Å². The molecule has 0 saturated carbocycles. The second-order valence-electron chi connectivity index (χ2n) is 12.5. The Morgan fingerprint density at radius 2 is 1.46 bits per heavy atom. The summed E-state index contributed by atoms with van der Waals surface area (Å²) in [4.78, 5) is 0. The predicted molar refractivity (Wildman–Crippen MR) is 193 cm³/mol. The molecular formula is C37H34ClNO4P2S. The van der Waals surface area contributed by atoms with Crippen molar-refractivity contribution in [2.45, 2.75) is 26.3 Å². The molecule has 0 radical (unpaired) electrons. The van der Waals surface area contributed by atoms with Gasteiger partial charge in [0.15, 0.2) is 0 Å². The third-order valence-electron chi connectivity index (χ3n) is 8.38. The van der Waals surface area contributed by atoms with Crippen molar-refractivity contribution in [3.63, 3.8) is 0 Å². The Balaban J connectivity index is 1.43. The maximum atomic E-state index is 14.9. The van der Waals surface area contributed by atoms with Gasteiger partial charge in [-0.3, -0.25) is 9.65 Å². The summed E-state index contributed by atoms with van der Waals surface area (Å²) in [5, 5.41) is 9.01. The number of hydrogen-bond donors (Lipinski definition) is 1. The van der Waals surface area contributed by atoms with Gasteiger partial charge in [0.25, 0.3) is 0 Å². The summed E-state index contributed by atoms with van der Waals surface area (Å²) in [6.45, 7) is 4.67. The standard InChI is InChI=1S/C37H34ClNO4P2S/c1-37(2)24-41-45(40,42-25-37)36(31-19-11-13-26-12-9-10-18-30(26)31)35-23-33(32-22-27(38)20-21-34(32)43-35)39-44(46,28-14-5-3-6-15-28)29-16-7-4-8-17-29/h3-22,33H,23-25H2,1-2H3,(H,39,46)/b36-35-. The molecule has 1 fully saturated rings. The molecule has 1 unspecified atom stereocenters. The van der Waals surface area contributed by atoms with E-state index < -0.39 is 13.8 Å². The zero-order valence-electron chi connectivity index (χ0n) is 25.6. The number of fused-ring (bicyclic) bond motifs is 2. The van der Waals surface area contributed by atoms with Gasteiger partial charge in [0.05, 0.1) is 19.4 Å². The summed E-state index contributed by atoms with van der Waals surface area (Å²) in [6, 6.07) is 39.7. The fraction of sp³-hybridized carbons (Fsp3) is 0.189. The number of ether oxygens (including phenoxy) is 1. The van der Waals surface area contributed by atoms with Gasteiger partial charge in [0.1, 0.15) is 16.8 Å². The molecule has 5 nitrogen and oxygen atoms in total. The van der Waals surface area contributed by atoms with E-state index >= 15 is 0 Å². The van der Waals surface area contributed by atoms with Crippen LogP contribution in [0.25, 0.3) is 16.1 Å². The molecule has 234 valence electrons. The van der Waals surface area contributed by atoms with Crippen LogP contribution < -0.4 is 20.4 Å². The van der Waals surface area contributed by atoms with Crippen LogP contribution in [0.5, 0.6) is 5.75 Å². The Morgan fingerprint density at radius 1 is 0.848 bits per heavy atom. The Kier molecular flexibility index (Phi) is 8.59. The van der Waals surface area contributed by atoms with E-state index in [1.54, 1.807) is 6.07 Å². The van der Waals surface area contributed by atoms with Gasteiger partial charge in [-0.25, -0.2) is 0 Å². The van der Waals surface area contributed by atoms with Crippen LogP contribution in [0.1, 0.15) is 37.4 Å². The summed E-state index contributed by atoms with van der Waals surface area (Å²) in [6.07, 6.45) is -2.22. The maximum Gasteiger partial charge on any atom is 0.365 e. The molecule has 5 aromatic carbocycles. The summed E-state index contributed by atoms with van der Waals surface area (Å²) >= 11 is 13.2. The molecule has 5 aromatic rings. The van der Waals surface area contributed by atoms with Crippen LogP contribution in [0.2, 0.25) is 5.02 Å². The van der Waals surface area contributed by atoms with Gasteiger partial charge >= 0.3 is 7.60 Å². The van der Waals surface area contributed by atoms with E-state index in [0.29, 0.717) is 41.5 Å². The van der Waals surface area contributed by atoms with Crippen molar-refractivity contribution >= 4 is 63.9 Å². The first-order chi connectivity index (χ1) is 22.2. The highest BCUT2D eigenvalue weighted by Gasteiger charge is 2.44. The first-order valence-corrected chi connectivity index (χ1v) is 19.9. The molecule has 0 amide bonds. The average molecular weight is 686 g/mol. The van der Waals surface area contributed by atoms with Crippen LogP contribution in [0.15, 0.2) is 127 Å². The van der Waals surface area contributed by atoms with Crippen molar-refractivity contribution in [2.24, 2.45) is 5.41 Å². The number of benzene rings is 5. The van der Waals surface area contributed by atoms with Crippen molar-refractivity contribution in [1.29, 1.82) is 0 Å². The van der Waals surface area contributed by atoms with E-state index in [1.807, 2.05) is 105 Å². The molecule has 1 saturated heterocycles. The summed E-state index contributed by atoms with van der Waals surface area (Å²) in [7, 11) is -3.83. The molecule has 2 aliphatic heterocycles. The van der Waals surface area contributed by atoms with E-state index in [9.17, 15) is 4.57 Å². The Labute approximate surface area is 280 Å². The molecule has 1 N–H and O–H groups in total. The lowest BCUT2D eigenvalue weighted by atomic mass is 9.97. The molecule has 2 aliphatic rings. The molecule has 0 aliphatic carbocycles. The minimum absolute atomic E-state index is 0.277. The monoisotopic (exact) mass is 685 g/mol. The molecule has 9 heteroatoms. The SMILES string of the molecule is CC1(C)COP(=O)(/C(=C2/CC(NP(=S)(c3ccccc3)c3ccccc3)c3cc(Cl)ccc3O2)c2cccc3ccccc23)OC1. The third-order valence-corrected chi connectivity index (χ3v) is 14.9. The highest BCUT2D eigenvalue weighted by molar-refractivity contribution is 8.20. The molecule has 1 atom stereocenters. The largest absolute Gasteiger partial charge is 0.460 e. The topological polar surface area (TPSA) is 56.8 Å². The highest BCUT2D eigenvalue weighted by Crippen LogP contribution is 2.66. The van der Waals surface area contributed by atoms with Crippen LogP contribution in [-0.2, 0) is 25.4 Å². The minimum atomic E-state index is -3.83. The molecule has 0 bridgehead atoms. The lowest BCUT2D eigenvalue weighted by Gasteiger charge is -2.38. The quantitative estimate of drug-likeness (QED) is 0.180. The number of halogens is 1. The first-order valence-electron chi connectivity index (χ1n) is 15.2. The van der Waals surface area contributed by atoms with Crippen LogP contribution in [0, 0.1) is 5.41 Å². The Hall–Kier alpha value is -3.05. The lowest BCUT2D eigenvalue weighted by molar-refractivity contribution is 0.0465. The average Bonchev–Trinajstić information content (AvgIpc) is 3.07. The van der Waals surface area contributed by atoms with Gasteiger partial charge in [0, 0.05) is 44.6 Å². The van der Waals surface area contributed by atoms with Crippen LogP contribution in [-0.4, -0.2) is 13.2 Å². The van der Waals surface area contributed by atoms with Gasteiger partial charge < -0.3 is 13.8 Å². The maximum absolute atomic E-state index is 14.9. The third kappa shape index (κ3) is 6.05. The number of nitrogens with one attached hydrogen (secondary N) is 1. The van der Waals surface area contributed by atoms with Crippen molar-refractivity contribution in [1.82, 2.24) is 5.09 Å². The van der Waals surface area contributed by atoms with Crippen molar-refractivity contribution in [3.8, 4) is 5.75 Å². The van der Waals surface area contributed by atoms with E-state index in [1.165, 1.54) is 0 Å². The summed E-state index contributed by atoms with van der Waals surface area (Å²) < 4.78 is 34.1. The molecule has 2 heterocycles. The second-order valence-corrected chi connectivity index (χ2v) is 19.0. The summed E-state index contributed by atoms with van der Waals surface area (Å²) in [5.74, 6) is 1.14. The zero-order valence-corrected chi connectivity index (χ0v) is 28.9. The predicted octanol–water partition coefficient (Wildman–Crippen LogP) is 9.59. The van der Waals surface area contributed by atoms with Crippen molar-refractivity contribution in [2.75, 3.05) is 13.2 Å². The number of hydrogen-bond acceptors (Lipinski definition) is 5. The van der Waals surface area contributed by atoms with E-state index in [2.05, 4.69) is 29.4 Å². The first kappa shape index (κ1) is 31.5. The molecule has 0 spiro atoms. The fourth-order valence-electron chi connectivity index (χ4n) is 6.02. The van der Waals surface area contributed by atoms with Gasteiger partial charge in [-0.2, -0.15) is 0 Å². The summed E-state index contributed by atoms with van der Waals surface area (Å²) in [5.41, 5.74) is 1.37. The zero-order chi connectivity index (χ0) is 31.9. The second kappa shape index (κ2) is 12.5. The normalized spacial score (nSPS) is 20.0. The van der Waals surface area contributed by atoms with E-state index in [4.69, 9.17) is 37.2 Å². The van der Waals surface area contributed by atoms with E-state index in [0.717, 1.165) is 32.5 Å². The van der Waals surface area contributed by atoms with Gasteiger partial charge in [-0.15, -0.1) is 0 Å². The van der Waals surface area contributed by atoms with Gasteiger partial charge in [-0.1, -0.05) is 140 Å². The molecule has 46 heavy (non-hydrogen) atoms. The molecule has 0 aromatic heterocycles. The van der Waals surface area contributed by atoms with Crippen molar-refractivity contribution < 1.29 is 18.3 Å². The lowest BCUT2D eigenvalue weighted by Crippen LogP contribution is -2.33. The van der Waals surface area contributed by atoms with Gasteiger partial charge in [-0.05, 0) is 29.0 Å². The fourth-order valence-corrected chi connectivity index (χ4v) is 12.1. The Bertz CT molecular complexity index is 1990.